The molecule has 0 bridgehead atoms. The molecule has 26 heavy (non-hydrogen) atoms. The second-order valence-electron chi connectivity index (χ2n) is 5.34. The molecule has 2 heterocycles. The quantitative estimate of drug-likeness (QED) is 0.622. The van der Waals surface area contributed by atoms with Gasteiger partial charge in [-0.3, -0.25) is 9.78 Å². The number of ether oxygens (including phenoxy) is 2. The Bertz CT molecular complexity index is 881. The van der Waals surface area contributed by atoms with Gasteiger partial charge < -0.3 is 9.47 Å². The molecule has 1 aromatic carbocycles. The Kier molecular flexibility index (Phi) is 5.70. The molecule has 7 heteroatoms. The van der Waals surface area contributed by atoms with Crippen molar-refractivity contribution in [2.24, 2.45) is 0 Å². The van der Waals surface area contributed by atoms with Crippen LogP contribution in [0.4, 0.5) is 0 Å². The maximum Gasteiger partial charge on any atom is 0.351 e. The molecule has 0 saturated heterocycles. The standard InChI is InChI=1S/C19H16N2O4S/c1-24-19(23)17(13-7-3-2-4-8-13)25-16(22)11-14-12-26-18(21-14)15-9-5-6-10-20-15/h2-10,12,17H,11H2,1H3/t17-/m0/s1. The summed E-state index contributed by atoms with van der Waals surface area (Å²) in [5.41, 5.74) is 1.87. The third-order valence-corrected chi connectivity index (χ3v) is 4.44. The monoisotopic (exact) mass is 368 g/mol. The minimum atomic E-state index is -1.09. The lowest BCUT2D eigenvalue weighted by Crippen LogP contribution is -2.22. The number of rotatable bonds is 6. The second kappa shape index (κ2) is 8.35. The van der Waals surface area contributed by atoms with Crippen LogP contribution < -0.4 is 0 Å². The van der Waals surface area contributed by atoms with E-state index in [1.165, 1.54) is 18.4 Å². The predicted molar refractivity (Wildman–Crippen MR) is 96.3 cm³/mol. The van der Waals surface area contributed by atoms with Crippen LogP contribution in [-0.4, -0.2) is 29.0 Å². The van der Waals surface area contributed by atoms with E-state index in [0.29, 0.717) is 11.3 Å². The zero-order valence-electron chi connectivity index (χ0n) is 14.0. The number of pyridine rings is 1. The van der Waals surface area contributed by atoms with Gasteiger partial charge in [0.05, 0.1) is 24.9 Å². The molecular weight excluding hydrogens is 352 g/mol. The molecule has 6 nitrogen and oxygen atoms in total. The lowest BCUT2D eigenvalue weighted by Gasteiger charge is -2.15. The predicted octanol–water partition coefficient (Wildman–Crippen LogP) is 3.21. The van der Waals surface area contributed by atoms with Crippen molar-refractivity contribution in [2.45, 2.75) is 12.5 Å². The molecule has 0 saturated carbocycles. The van der Waals surface area contributed by atoms with E-state index in [1.54, 1.807) is 35.8 Å². The van der Waals surface area contributed by atoms with Crippen molar-refractivity contribution in [3.05, 3.63) is 71.4 Å². The van der Waals surface area contributed by atoms with Crippen LogP contribution in [0.2, 0.25) is 0 Å². The third kappa shape index (κ3) is 4.31. The lowest BCUT2D eigenvalue weighted by molar-refractivity contribution is -0.166. The summed E-state index contributed by atoms with van der Waals surface area (Å²) in [7, 11) is 1.26. The van der Waals surface area contributed by atoms with Crippen molar-refractivity contribution in [3.8, 4) is 10.7 Å². The highest BCUT2D eigenvalue weighted by Crippen LogP contribution is 2.23. The molecule has 0 aliphatic carbocycles. The SMILES string of the molecule is COC(=O)[C@@H](OC(=O)Cc1csc(-c2ccccn2)n1)c1ccccc1. The normalized spacial score (nSPS) is 11.6. The first-order chi connectivity index (χ1) is 12.7. The molecule has 0 N–H and O–H groups in total. The Morgan fingerprint density at radius 1 is 1.12 bits per heavy atom. The van der Waals surface area contributed by atoms with Crippen molar-refractivity contribution < 1.29 is 19.1 Å². The Morgan fingerprint density at radius 2 is 1.88 bits per heavy atom. The smallest absolute Gasteiger partial charge is 0.351 e. The maximum atomic E-state index is 12.3. The fourth-order valence-electron chi connectivity index (χ4n) is 2.30. The van der Waals surface area contributed by atoms with Gasteiger partial charge in [0.1, 0.15) is 5.01 Å². The summed E-state index contributed by atoms with van der Waals surface area (Å²) in [5, 5.41) is 2.50. The zero-order valence-corrected chi connectivity index (χ0v) is 14.8. The van der Waals surface area contributed by atoms with Crippen molar-refractivity contribution >= 4 is 23.3 Å². The topological polar surface area (TPSA) is 78.4 Å². The first-order valence-electron chi connectivity index (χ1n) is 7.85. The minimum Gasteiger partial charge on any atom is -0.466 e. The Morgan fingerprint density at radius 3 is 2.58 bits per heavy atom. The van der Waals surface area contributed by atoms with E-state index in [9.17, 15) is 9.59 Å². The molecule has 2 aromatic heterocycles. The molecule has 0 amide bonds. The van der Waals surface area contributed by atoms with E-state index in [2.05, 4.69) is 9.97 Å². The highest BCUT2D eigenvalue weighted by atomic mass is 32.1. The van der Waals surface area contributed by atoms with Crippen molar-refractivity contribution in [1.82, 2.24) is 9.97 Å². The number of esters is 2. The van der Waals surface area contributed by atoms with Crippen LogP contribution in [0.3, 0.4) is 0 Å². The number of methoxy groups -OCH3 is 1. The van der Waals surface area contributed by atoms with Gasteiger partial charge in [0.15, 0.2) is 0 Å². The van der Waals surface area contributed by atoms with Crippen LogP contribution in [0.25, 0.3) is 10.7 Å². The third-order valence-electron chi connectivity index (χ3n) is 3.53. The van der Waals surface area contributed by atoms with E-state index in [4.69, 9.17) is 9.47 Å². The summed E-state index contributed by atoms with van der Waals surface area (Å²) in [4.78, 5) is 32.9. The number of hydrogen-bond donors (Lipinski definition) is 0. The van der Waals surface area contributed by atoms with Crippen molar-refractivity contribution in [2.75, 3.05) is 7.11 Å². The van der Waals surface area contributed by atoms with Crippen LogP contribution in [-0.2, 0) is 25.5 Å². The Balaban J connectivity index is 1.69. The number of carbonyl (C=O) groups excluding carboxylic acids is 2. The van der Waals surface area contributed by atoms with E-state index < -0.39 is 18.0 Å². The Labute approximate surface area is 154 Å². The van der Waals surface area contributed by atoms with Crippen LogP contribution >= 0.6 is 11.3 Å². The molecule has 0 radical (unpaired) electrons. The summed E-state index contributed by atoms with van der Waals surface area (Å²) in [6.45, 7) is 0. The van der Waals surface area contributed by atoms with Crippen LogP contribution in [0.5, 0.6) is 0 Å². The number of hydrogen-bond acceptors (Lipinski definition) is 7. The van der Waals surface area contributed by atoms with E-state index in [0.717, 1.165) is 10.7 Å². The van der Waals surface area contributed by atoms with Gasteiger partial charge in [-0.2, -0.15) is 0 Å². The second-order valence-corrected chi connectivity index (χ2v) is 6.20. The summed E-state index contributed by atoms with van der Waals surface area (Å²) in [6, 6.07) is 14.3. The van der Waals surface area contributed by atoms with Gasteiger partial charge in [0.2, 0.25) is 6.10 Å². The maximum absolute atomic E-state index is 12.3. The van der Waals surface area contributed by atoms with E-state index in [1.807, 2.05) is 24.3 Å². The molecule has 3 rings (SSSR count). The summed E-state index contributed by atoms with van der Waals surface area (Å²) >= 11 is 1.40. The average Bonchev–Trinajstić information content (AvgIpc) is 3.15. The molecule has 0 spiro atoms. The number of nitrogens with zero attached hydrogens (tertiary/aromatic N) is 2. The fraction of sp³-hybridized carbons (Fsp3) is 0.158. The molecule has 0 unspecified atom stereocenters. The van der Waals surface area contributed by atoms with Gasteiger partial charge in [0, 0.05) is 17.1 Å². The molecule has 0 aliphatic rings. The van der Waals surface area contributed by atoms with Gasteiger partial charge in [0.25, 0.3) is 0 Å². The summed E-state index contributed by atoms with van der Waals surface area (Å²) < 4.78 is 10.1. The van der Waals surface area contributed by atoms with Crippen LogP contribution in [0.15, 0.2) is 60.1 Å². The molecule has 132 valence electrons. The number of carbonyl (C=O) groups is 2. The highest BCUT2D eigenvalue weighted by Gasteiger charge is 2.26. The fourth-order valence-corrected chi connectivity index (χ4v) is 3.10. The molecule has 1 atom stereocenters. The highest BCUT2D eigenvalue weighted by molar-refractivity contribution is 7.13. The number of thiazole rings is 1. The average molecular weight is 368 g/mol. The molecular formula is C19H16N2O4S. The van der Waals surface area contributed by atoms with E-state index >= 15 is 0 Å². The van der Waals surface area contributed by atoms with E-state index in [-0.39, 0.29) is 6.42 Å². The van der Waals surface area contributed by atoms with Gasteiger partial charge in [-0.05, 0) is 12.1 Å². The van der Waals surface area contributed by atoms with Crippen molar-refractivity contribution in [3.63, 3.8) is 0 Å². The largest absolute Gasteiger partial charge is 0.466 e. The molecule has 3 aromatic rings. The Hall–Kier alpha value is -3.06. The van der Waals surface area contributed by atoms with Gasteiger partial charge in [-0.25, -0.2) is 9.78 Å². The lowest BCUT2D eigenvalue weighted by atomic mass is 10.1. The number of aromatic nitrogens is 2. The summed E-state index contributed by atoms with van der Waals surface area (Å²) in [6.07, 6.45) is 0.553. The first kappa shape index (κ1) is 17.8. The van der Waals surface area contributed by atoms with Gasteiger partial charge in [-0.15, -0.1) is 11.3 Å². The first-order valence-corrected chi connectivity index (χ1v) is 8.73. The minimum absolute atomic E-state index is 0.0380. The van der Waals surface area contributed by atoms with Gasteiger partial charge in [-0.1, -0.05) is 36.4 Å². The number of benzene rings is 1. The summed E-state index contributed by atoms with van der Waals surface area (Å²) in [5.74, 6) is -1.18. The van der Waals surface area contributed by atoms with Crippen LogP contribution in [0, 0.1) is 0 Å². The molecule has 0 aliphatic heterocycles. The zero-order chi connectivity index (χ0) is 18.4. The van der Waals surface area contributed by atoms with Crippen molar-refractivity contribution in [1.29, 1.82) is 0 Å². The molecule has 0 fully saturated rings. The van der Waals surface area contributed by atoms with Gasteiger partial charge >= 0.3 is 11.9 Å². The van der Waals surface area contributed by atoms with Crippen LogP contribution in [0.1, 0.15) is 17.4 Å².